The van der Waals surface area contributed by atoms with Gasteiger partial charge in [-0.05, 0) is 28.0 Å². The first-order valence-corrected chi connectivity index (χ1v) is 12.6. The molecular weight excluding hydrogens is 468 g/mol. The number of para-hydroxylation sites is 1. The number of fused-ring (bicyclic) bond motifs is 2. The SMILES string of the molecule is NCCOCCOCCNC(=O)C(Cc1c[nH]c2ccccc12)NC(=O)Cc1cccc2ccccc12. The zero-order valence-electron chi connectivity index (χ0n) is 20.9. The van der Waals surface area contributed by atoms with Crippen LogP contribution in [0.3, 0.4) is 0 Å². The molecule has 1 unspecified atom stereocenters. The minimum absolute atomic E-state index is 0.185. The molecule has 37 heavy (non-hydrogen) atoms. The lowest BCUT2D eigenvalue weighted by Gasteiger charge is -2.19. The Morgan fingerprint density at radius 1 is 0.838 bits per heavy atom. The fraction of sp³-hybridized carbons (Fsp3) is 0.310. The number of H-pyrrole nitrogens is 1. The molecule has 194 valence electrons. The lowest BCUT2D eigenvalue weighted by molar-refractivity contribution is -0.128. The maximum Gasteiger partial charge on any atom is 0.243 e. The van der Waals surface area contributed by atoms with Crippen LogP contribution in [0.25, 0.3) is 21.7 Å². The summed E-state index contributed by atoms with van der Waals surface area (Å²) in [6.45, 7) is 2.53. The summed E-state index contributed by atoms with van der Waals surface area (Å²) in [5.41, 5.74) is 8.27. The molecule has 0 fully saturated rings. The highest BCUT2D eigenvalue weighted by molar-refractivity contribution is 5.93. The second-order valence-electron chi connectivity index (χ2n) is 8.80. The number of rotatable bonds is 14. The Kier molecular flexibility index (Phi) is 9.65. The molecular formula is C29H34N4O4. The van der Waals surface area contributed by atoms with Gasteiger partial charge >= 0.3 is 0 Å². The van der Waals surface area contributed by atoms with Gasteiger partial charge in [0, 0.05) is 36.6 Å². The maximum atomic E-state index is 13.1. The summed E-state index contributed by atoms with van der Waals surface area (Å²) in [5.74, 6) is -0.454. The number of carbonyl (C=O) groups excluding carboxylic acids is 2. The van der Waals surface area contributed by atoms with Crippen molar-refractivity contribution < 1.29 is 19.1 Å². The Bertz CT molecular complexity index is 1310. The molecule has 0 saturated carbocycles. The first kappa shape index (κ1) is 26.3. The lowest BCUT2D eigenvalue weighted by Crippen LogP contribution is -2.49. The van der Waals surface area contributed by atoms with Crippen molar-refractivity contribution >= 4 is 33.5 Å². The average Bonchev–Trinajstić information content (AvgIpc) is 3.32. The molecule has 5 N–H and O–H groups in total. The molecule has 1 heterocycles. The summed E-state index contributed by atoms with van der Waals surface area (Å²) in [6, 6.07) is 21.1. The Labute approximate surface area is 216 Å². The fourth-order valence-corrected chi connectivity index (χ4v) is 4.37. The lowest BCUT2D eigenvalue weighted by atomic mass is 10.0. The van der Waals surface area contributed by atoms with E-state index in [-0.39, 0.29) is 18.2 Å². The number of nitrogens with one attached hydrogen (secondary N) is 3. The van der Waals surface area contributed by atoms with Gasteiger partial charge in [-0.3, -0.25) is 9.59 Å². The number of amides is 2. The Hall–Kier alpha value is -3.72. The van der Waals surface area contributed by atoms with Gasteiger partial charge in [0.15, 0.2) is 0 Å². The van der Waals surface area contributed by atoms with Crippen molar-refractivity contribution in [1.82, 2.24) is 15.6 Å². The molecule has 8 heteroatoms. The standard InChI is InChI=1S/C29H34N4O4/c30-12-14-36-16-17-37-15-13-31-29(35)27(18-23-20-32-26-11-4-3-10-25(23)26)33-28(34)19-22-8-5-7-21-6-1-2-9-24(21)22/h1-11,20,27,32H,12-19,30H2,(H,31,35)(H,33,34). The third kappa shape index (κ3) is 7.39. The normalized spacial score (nSPS) is 12.0. The number of hydrogen-bond acceptors (Lipinski definition) is 5. The molecule has 3 aromatic carbocycles. The molecule has 0 spiro atoms. The number of benzene rings is 3. The van der Waals surface area contributed by atoms with E-state index in [1.807, 2.05) is 72.9 Å². The molecule has 0 saturated heterocycles. The van der Waals surface area contributed by atoms with Crippen molar-refractivity contribution in [2.24, 2.45) is 5.73 Å². The molecule has 0 aliphatic rings. The molecule has 0 bridgehead atoms. The first-order chi connectivity index (χ1) is 18.2. The molecule has 0 aliphatic carbocycles. The minimum Gasteiger partial charge on any atom is -0.378 e. The van der Waals surface area contributed by atoms with E-state index in [0.29, 0.717) is 45.9 Å². The molecule has 1 atom stereocenters. The van der Waals surface area contributed by atoms with Crippen molar-refractivity contribution in [2.45, 2.75) is 18.9 Å². The van der Waals surface area contributed by atoms with Crippen molar-refractivity contribution in [3.05, 3.63) is 84.1 Å². The van der Waals surface area contributed by atoms with Gasteiger partial charge < -0.3 is 30.8 Å². The van der Waals surface area contributed by atoms with Crippen LogP contribution in [0.1, 0.15) is 11.1 Å². The molecule has 0 aliphatic heterocycles. The summed E-state index contributed by atoms with van der Waals surface area (Å²) >= 11 is 0. The number of aromatic nitrogens is 1. The molecule has 4 aromatic rings. The van der Waals surface area contributed by atoms with E-state index in [1.54, 1.807) is 0 Å². The number of ether oxygens (including phenoxy) is 2. The summed E-state index contributed by atoms with van der Waals surface area (Å²) in [6.07, 6.45) is 2.45. The quantitative estimate of drug-likeness (QED) is 0.198. The highest BCUT2D eigenvalue weighted by Gasteiger charge is 2.23. The van der Waals surface area contributed by atoms with E-state index in [0.717, 1.165) is 32.8 Å². The van der Waals surface area contributed by atoms with Gasteiger partial charge in [-0.15, -0.1) is 0 Å². The smallest absolute Gasteiger partial charge is 0.243 e. The topological polar surface area (TPSA) is 118 Å². The van der Waals surface area contributed by atoms with Crippen LogP contribution in [-0.2, 0) is 31.9 Å². The Morgan fingerprint density at radius 3 is 2.41 bits per heavy atom. The van der Waals surface area contributed by atoms with Gasteiger partial charge in [0.05, 0.1) is 32.8 Å². The fourth-order valence-electron chi connectivity index (χ4n) is 4.37. The summed E-state index contributed by atoms with van der Waals surface area (Å²) in [7, 11) is 0. The van der Waals surface area contributed by atoms with Crippen molar-refractivity contribution in [2.75, 3.05) is 39.5 Å². The van der Waals surface area contributed by atoms with Crippen LogP contribution in [0.15, 0.2) is 72.9 Å². The zero-order valence-corrected chi connectivity index (χ0v) is 20.9. The molecule has 2 amide bonds. The van der Waals surface area contributed by atoms with Gasteiger partial charge in [-0.1, -0.05) is 60.7 Å². The molecule has 8 nitrogen and oxygen atoms in total. The Morgan fingerprint density at radius 2 is 1.57 bits per heavy atom. The highest BCUT2D eigenvalue weighted by atomic mass is 16.5. The van der Waals surface area contributed by atoms with Crippen LogP contribution < -0.4 is 16.4 Å². The van der Waals surface area contributed by atoms with E-state index < -0.39 is 6.04 Å². The van der Waals surface area contributed by atoms with Crippen LogP contribution in [0.5, 0.6) is 0 Å². The van der Waals surface area contributed by atoms with Crippen molar-refractivity contribution in [3.8, 4) is 0 Å². The van der Waals surface area contributed by atoms with Gasteiger partial charge in [-0.2, -0.15) is 0 Å². The van der Waals surface area contributed by atoms with E-state index in [2.05, 4.69) is 15.6 Å². The monoisotopic (exact) mass is 502 g/mol. The van der Waals surface area contributed by atoms with Crippen molar-refractivity contribution in [1.29, 1.82) is 0 Å². The van der Waals surface area contributed by atoms with Crippen LogP contribution in [0.2, 0.25) is 0 Å². The number of hydrogen-bond donors (Lipinski definition) is 4. The van der Waals surface area contributed by atoms with E-state index in [9.17, 15) is 9.59 Å². The van der Waals surface area contributed by atoms with Gasteiger partial charge in [0.25, 0.3) is 0 Å². The minimum atomic E-state index is -0.727. The highest BCUT2D eigenvalue weighted by Crippen LogP contribution is 2.21. The summed E-state index contributed by atoms with van der Waals surface area (Å²) in [5, 5.41) is 9.01. The number of aromatic amines is 1. The van der Waals surface area contributed by atoms with Crippen LogP contribution in [-0.4, -0.2) is 62.4 Å². The zero-order chi connectivity index (χ0) is 25.9. The number of carbonyl (C=O) groups is 2. The summed E-state index contributed by atoms with van der Waals surface area (Å²) in [4.78, 5) is 29.5. The van der Waals surface area contributed by atoms with Crippen LogP contribution in [0.4, 0.5) is 0 Å². The molecule has 0 radical (unpaired) electrons. The third-order valence-electron chi connectivity index (χ3n) is 6.16. The van der Waals surface area contributed by atoms with Gasteiger partial charge in [0.2, 0.25) is 11.8 Å². The van der Waals surface area contributed by atoms with E-state index in [1.165, 1.54) is 0 Å². The summed E-state index contributed by atoms with van der Waals surface area (Å²) < 4.78 is 10.8. The largest absolute Gasteiger partial charge is 0.378 e. The molecule has 1 aromatic heterocycles. The third-order valence-corrected chi connectivity index (χ3v) is 6.16. The Balaban J connectivity index is 1.40. The van der Waals surface area contributed by atoms with Crippen LogP contribution in [0, 0.1) is 0 Å². The van der Waals surface area contributed by atoms with E-state index >= 15 is 0 Å². The van der Waals surface area contributed by atoms with E-state index in [4.69, 9.17) is 15.2 Å². The van der Waals surface area contributed by atoms with Crippen LogP contribution >= 0.6 is 0 Å². The first-order valence-electron chi connectivity index (χ1n) is 12.6. The van der Waals surface area contributed by atoms with Gasteiger partial charge in [-0.25, -0.2) is 0 Å². The molecule has 4 rings (SSSR count). The second kappa shape index (κ2) is 13.5. The predicted molar refractivity (Wildman–Crippen MR) is 145 cm³/mol. The maximum absolute atomic E-state index is 13.1. The predicted octanol–water partition coefficient (Wildman–Crippen LogP) is 2.70. The number of nitrogens with two attached hydrogens (primary N) is 1. The van der Waals surface area contributed by atoms with Gasteiger partial charge in [0.1, 0.15) is 6.04 Å². The average molecular weight is 503 g/mol. The van der Waals surface area contributed by atoms with Crippen molar-refractivity contribution in [3.63, 3.8) is 0 Å². The second-order valence-corrected chi connectivity index (χ2v) is 8.80.